The molecule has 0 aliphatic heterocycles. The Morgan fingerprint density at radius 2 is 1.47 bits per heavy atom. The van der Waals surface area contributed by atoms with Crippen molar-refractivity contribution in [1.82, 2.24) is 0 Å². The first kappa shape index (κ1) is 21.9. The van der Waals surface area contributed by atoms with Gasteiger partial charge in [-0.05, 0) is 91.6 Å². The lowest BCUT2D eigenvalue weighted by Gasteiger charge is -2.17. The predicted molar refractivity (Wildman–Crippen MR) is 133 cm³/mol. The van der Waals surface area contributed by atoms with Gasteiger partial charge < -0.3 is 15.4 Å². The van der Waals surface area contributed by atoms with Gasteiger partial charge in [-0.25, -0.2) is 4.79 Å². The smallest absolute Gasteiger partial charge is 0.338 e. The molecular weight excluding hydrogens is 396 g/mol. The number of hydrogen-bond acceptors (Lipinski definition) is 4. The Morgan fingerprint density at radius 3 is 2.03 bits per heavy atom. The summed E-state index contributed by atoms with van der Waals surface area (Å²) < 4.78 is 5.16. The number of hydrogen-bond donors (Lipinski definition) is 2. The third-order valence-electron chi connectivity index (χ3n) is 5.99. The van der Waals surface area contributed by atoms with E-state index >= 15 is 0 Å². The van der Waals surface area contributed by atoms with Crippen LogP contribution < -0.4 is 10.6 Å². The number of methoxy groups -OCH3 is 1. The van der Waals surface area contributed by atoms with E-state index in [0.29, 0.717) is 11.6 Å². The second-order valence-corrected chi connectivity index (χ2v) is 8.93. The van der Waals surface area contributed by atoms with Crippen molar-refractivity contribution in [3.8, 4) is 22.3 Å². The SMILES string of the molecule is COC(=O)c1c(-c2ccc(NC(C)C)cc2)ccc(-c2ccc(NCC3CC3)cc2)c1C. The first-order valence-corrected chi connectivity index (χ1v) is 11.4. The van der Waals surface area contributed by atoms with Gasteiger partial charge in [0.05, 0.1) is 12.7 Å². The highest BCUT2D eigenvalue weighted by Crippen LogP contribution is 2.35. The van der Waals surface area contributed by atoms with Crippen LogP contribution in [0.2, 0.25) is 0 Å². The average Bonchev–Trinajstić information content (AvgIpc) is 3.62. The molecule has 1 saturated carbocycles. The zero-order valence-electron chi connectivity index (χ0n) is 19.4. The second-order valence-electron chi connectivity index (χ2n) is 8.93. The quantitative estimate of drug-likeness (QED) is 0.389. The van der Waals surface area contributed by atoms with E-state index in [1.807, 2.05) is 37.3 Å². The minimum Gasteiger partial charge on any atom is -0.465 e. The van der Waals surface area contributed by atoms with Crippen LogP contribution >= 0.6 is 0 Å². The van der Waals surface area contributed by atoms with Crippen LogP contribution in [0.3, 0.4) is 0 Å². The van der Waals surface area contributed by atoms with Crippen molar-refractivity contribution in [3.63, 3.8) is 0 Å². The topological polar surface area (TPSA) is 50.4 Å². The fourth-order valence-corrected chi connectivity index (χ4v) is 4.06. The maximum atomic E-state index is 12.8. The lowest BCUT2D eigenvalue weighted by atomic mass is 9.89. The molecule has 1 aliphatic carbocycles. The van der Waals surface area contributed by atoms with Crippen molar-refractivity contribution in [2.75, 3.05) is 24.3 Å². The molecule has 0 radical (unpaired) electrons. The number of anilines is 2. The zero-order valence-corrected chi connectivity index (χ0v) is 19.4. The molecule has 0 heterocycles. The molecule has 3 aromatic rings. The van der Waals surface area contributed by atoms with Crippen LogP contribution in [0.15, 0.2) is 60.7 Å². The van der Waals surface area contributed by atoms with Crippen molar-refractivity contribution in [2.45, 2.75) is 39.7 Å². The van der Waals surface area contributed by atoms with Crippen LogP contribution in [0.4, 0.5) is 11.4 Å². The lowest BCUT2D eigenvalue weighted by Crippen LogP contribution is -2.09. The lowest BCUT2D eigenvalue weighted by molar-refractivity contribution is 0.0601. The molecule has 0 spiro atoms. The van der Waals surface area contributed by atoms with Gasteiger partial charge in [0.1, 0.15) is 0 Å². The molecule has 0 saturated heterocycles. The number of rotatable bonds is 8. The van der Waals surface area contributed by atoms with Gasteiger partial charge in [-0.2, -0.15) is 0 Å². The van der Waals surface area contributed by atoms with Crippen molar-refractivity contribution < 1.29 is 9.53 Å². The van der Waals surface area contributed by atoms with Gasteiger partial charge in [0.15, 0.2) is 0 Å². The molecule has 4 nitrogen and oxygen atoms in total. The summed E-state index contributed by atoms with van der Waals surface area (Å²) in [7, 11) is 1.44. The van der Waals surface area contributed by atoms with Crippen LogP contribution in [-0.2, 0) is 4.74 Å². The Hall–Kier alpha value is -3.27. The molecular formula is C28H32N2O2. The third-order valence-corrected chi connectivity index (χ3v) is 5.99. The number of nitrogens with one attached hydrogen (secondary N) is 2. The normalized spacial score (nSPS) is 13.2. The maximum Gasteiger partial charge on any atom is 0.338 e. The van der Waals surface area contributed by atoms with Crippen molar-refractivity contribution in [3.05, 3.63) is 71.8 Å². The third kappa shape index (κ3) is 4.96. The molecule has 0 atom stereocenters. The summed E-state index contributed by atoms with van der Waals surface area (Å²) in [6, 6.07) is 21.1. The summed E-state index contributed by atoms with van der Waals surface area (Å²) in [6.45, 7) is 7.27. The largest absolute Gasteiger partial charge is 0.465 e. The molecule has 4 heteroatoms. The standard InChI is InChI=1S/C28H32N2O2/c1-18(2)30-24-13-9-22(10-14-24)26-16-15-25(19(3)27(26)28(31)32-4)21-7-11-23(12-8-21)29-17-20-5-6-20/h7-16,18,20,29-30H,5-6,17H2,1-4H3. The fourth-order valence-electron chi connectivity index (χ4n) is 4.06. The Labute approximate surface area is 191 Å². The van der Waals surface area contributed by atoms with Crippen LogP contribution in [0, 0.1) is 12.8 Å². The maximum absolute atomic E-state index is 12.8. The van der Waals surface area contributed by atoms with Crippen LogP contribution in [0.25, 0.3) is 22.3 Å². The van der Waals surface area contributed by atoms with E-state index < -0.39 is 0 Å². The van der Waals surface area contributed by atoms with E-state index in [1.54, 1.807) is 0 Å². The fraction of sp³-hybridized carbons (Fsp3) is 0.321. The Bertz CT molecular complexity index is 1080. The number of carbonyl (C=O) groups is 1. The summed E-state index contributed by atoms with van der Waals surface area (Å²) in [4.78, 5) is 12.8. The van der Waals surface area contributed by atoms with E-state index in [4.69, 9.17) is 4.74 Å². The molecule has 0 unspecified atom stereocenters. The van der Waals surface area contributed by atoms with E-state index in [0.717, 1.165) is 51.7 Å². The Morgan fingerprint density at radius 1 is 0.906 bits per heavy atom. The highest BCUT2D eigenvalue weighted by atomic mass is 16.5. The van der Waals surface area contributed by atoms with E-state index in [-0.39, 0.29) is 5.97 Å². The number of carbonyl (C=O) groups excluding carboxylic acids is 1. The first-order chi connectivity index (χ1) is 15.5. The summed E-state index contributed by atoms with van der Waals surface area (Å²) >= 11 is 0. The number of benzene rings is 3. The van der Waals surface area contributed by atoms with Gasteiger partial charge in [0.25, 0.3) is 0 Å². The van der Waals surface area contributed by atoms with Crippen LogP contribution in [0.1, 0.15) is 42.6 Å². The van der Waals surface area contributed by atoms with Gasteiger partial charge in [-0.3, -0.25) is 0 Å². The molecule has 1 fully saturated rings. The summed E-state index contributed by atoms with van der Waals surface area (Å²) in [6.07, 6.45) is 2.67. The second kappa shape index (κ2) is 9.47. The van der Waals surface area contributed by atoms with Gasteiger partial charge >= 0.3 is 5.97 Å². The van der Waals surface area contributed by atoms with Crippen molar-refractivity contribution in [2.24, 2.45) is 5.92 Å². The number of esters is 1. The summed E-state index contributed by atoms with van der Waals surface area (Å²) in [5.74, 6) is 0.522. The van der Waals surface area contributed by atoms with Crippen molar-refractivity contribution >= 4 is 17.3 Å². The highest BCUT2D eigenvalue weighted by molar-refractivity contribution is 6.01. The van der Waals surface area contributed by atoms with Crippen molar-refractivity contribution in [1.29, 1.82) is 0 Å². The molecule has 166 valence electrons. The molecule has 4 rings (SSSR count). The van der Waals surface area contributed by atoms with Gasteiger partial charge in [0.2, 0.25) is 0 Å². The highest BCUT2D eigenvalue weighted by Gasteiger charge is 2.21. The molecule has 0 aromatic heterocycles. The minimum atomic E-state index is -0.313. The monoisotopic (exact) mass is 428 g/mol. The molecule has 32 heavy (non-hydrogen) atoms. The van der Waals surface area contributed by atoms with E-state index in [1.165, 1.54) is 20.0 Å². The van der Waals surface area contributed by atoms with Gasteiger partial charge in [0, 0.05) is 24.0 Å². The van der Waals surface area contributed by atoms with E-state index in [2.05, 4.69) is 54.8 Å². The molecule has 0 bridgehead atoms. The molecule has 2 N–H and O–H groups in total. The van der Waals surface area contributed by atoms with Gasteiger partial charge in [-0.1, -0.05) is 36.4 Å². The Kier molecular flexibility index (Phi) is 6.50. The predicted octanol–water partition coefficient (Wildman–Crippen LogP) is 6.76. The summed E-state index contributed by atoms with van der Waals surface area (Å²) in [5, 5.41) is 6.91. The summed E-state index contributed by atoms with van der Waals surface area (Å²) in [5.41, 5.74) is 7.76. The molecule has 3 aromatic carbocycles. The van der Waals surface area contributed by atoms with Gasteiger partial charge in [-0.15, -0.1) is 0 Å². The molecule has 1 aliphatic rings. The first-order valence-electron chi connectivity index (χ1n) is 11.4. The Balaban J connectivity index is 1.66. The van der Waals surface area contributed by atoms with Crippen LogP contribution in [-0.4, -0.2) is 25.7 Å². The van der Waals surface area contributed by atoms with E-state index in [9.17, 15) is 4.79 Å². The zero-order chi connectivity index (χ0) is 22.7. The molecule has 0 amide bonds. The minimum absolute atomic E-state index is 0.313. The average molecular weight is 429 g/mol. The van der Waals surface area contributed by atoms with Crippen LogP contribution in [0.5, 0.6) is 0 Å². The number of ether oxygens (including phenoxy) is 1.